The van der Waals surface area contributed by atoms with Crippen LogP contribution in [0.25, 0.3) is 11.4 Å². The third-order valence-corrected chi connectivity index (χ3v) is 3.61. The lowest BCUT2D eigenvalue weighted by Gasteiger charge is -2.13. The van der Waals surface area contributed by atoms with Gasteiger partial charge in [0.2, 0.25) is 0 Å². The van der Waals surface area contributed by atoms with Gasteiger partial charge in [-0.3, -0.25) is 0 Å². The second kappa shape index (κ2) is 5.80. The topological polar surface area (TPSA) is 35.0 Å². The Bertz CT molecular complexity index is 615. The van der Waals surface area contributed by atoms with Gasteiger partial charge < -0.3 is 4.74 Å². The molecule has 0 radical (unpaired) electrons. The van der Waals surface area contributed by atoms with Crippen molar-refractivity contribution >= 4 is 11.6 Å². The Morgan fingerprint density at radius 1 is 1.15 bits per heavy atom. The second-order valence-electron chi connectivity index (χ2n) is 5.18. The molecule has 1 aromatic heterocycles. The van der Waals surface area contributed by atoms with Crippen LogP contribution in [0, 0.1) is 13.8 Å². The number of hydrogen-bond donors (Lipinski definition) is 0. The van der Waals surface area contributed by atoms with Crippen molar-refractivity contribution in [3.05, 3.63) is 40.2 Å². The van der Waals surface area contributed by atoms with Gasteiger partial charge in [0.05, 0.1) is 7.11 Å². The minimum absolute atomic E-state index is 0.314. The van der Waals surface area contributed by atoms with E-state index in [-0.39, 0.29) is 0 Å². The molecule has 1 heterocycles. The fourth-order valence-electron chi connectivity index (χ4n) is 2.35. The Morgan fingerprint density at radius 3 is 2.35 bits per heavy atom. The highest BCUT2D eigenvalue weighted by Gasteiger charge is 2.14. The number of nitrogens with zero attached hydrogens (tertiary/aromatic N) is 2. The van der Waals surface area contributed by atoms with Gasteiger partial charge in [0.25, 0.3) is 0 Å². The molecule has 3 nitrogen and oxygen atoms in total. The number of halogens is 1. The molecule has 4 heteroatoms. The summed E-state index contributed by atoms with van der Waals surface area (Å²) in [5.74, 6) is 1.83. The number of rotatable bonds is 3. The Balaban J connectivity index is 2.51. The number of benzene rings is 1. The van der Waals surface area contributed by atoms with Crippen LogP contribution in [-0.4, -0.2) is 17.1 Å². The van der Waals surface area contributed by atoms with Gasteiger partial charge >= 0.3 is 0 Å². The minimum atomic E-state index is 0.314. The molecule has 20 heavy (non-hydrogen) atoms. The number of aromatic nitrogens is 2. The van der Waals surface area contributed by atoms with E-state index >= 15 is 0 Å². The van der Waals surface area contributed by atoms with Gasteiger partial charge in [-0.25, -0.2) is 9.97 Å². The van der Waals surface area contributed by atoms with Crippen molar-refractivity contribution in [1.82, 2.24) is 9.97 Å². The maximum Gasteiger partial charge on any atom is 0.161 e. The molecular weight excluding hydrogens is 272 g/mol. The largest absolute Gasteiger partial charge is 0.496 e. The highest BCUT2D eigenvalue weighted by atomic mass is 35.5. The zero-order chi connectivity index (χ0) is 14.9. The first-order valence-electron chi connectivity index (χ1n) is 6.63. The van der Waals surface area contributed by atoms with Crippen LogP contribution in [0.2, 0.25) is 5.15 Å². The summed E-state index contributed by atoms with van der Waals surface area (Å²) in [6, 6.07) is 5.89. The summed E-state index contributed by atoms with van der Waals surface area (Å²) in [6.45, 7) is 8.16. The predicted molar refractivity (Wildman–Crippen MR) is 82.6 cm³/mol. The normalized spacial score (nSPS) is 10.9. The molecule has 1 aromatic carbocycles. The Hall–Kier alpha value is -1.61. The molecule has 0 saturated carbocycles. The smallest absolute Gasteiger partial charge is 0.161 e. The van der Waals surface area contributed by atoms with Gasteiger partial charge in [0, 0.05) is 16.8 Å². The van der Waals surface area contributed by atoms with Crippen molar-refractivity contribution in [3.8, 4) is 17.1 Å². The maximum absolute atomic E-state index is 6.30. The van der Waals surface area contributed by atoms with Crippen LogP contribution >= 0.6 is 11.6 Å². The summed E-state index contributed by atoms with van der Waals surface area (Å²) in [7, 11) is 1.66. The van der Waals surface area contributed by atoms with E-state index in [9.17, 15) is 0 Å². The van der Waals surface area contributed by atoms with Gasteiger partial charge in [0.15, 0.2) is 5.82 Å². The van der Waals surface area contributed by atoms with Crippen LogP contribution in [0.3, 0.4) is 0 Å². The SMILES string of the molecule is COc1ccc(-c2nc(C)c(C(C)C)c(Cl)n2)cc1C. The second-order valence-corrected chi connectivity index (χ2v) is 5.53. The van der Waals surface area contributed by atoms with E-state index in [0.29, 0.717) is 16.9 Å². The van der Waals surface area contributed by atoms with Crippen LogP contribution in [0.5, 0.6) is 5.75 Å². The molecule has 0 aliphatic heterocycles. The third kappa shape index (κ3) is 2.78. The lowest BCUT2D eigenvalue weighted by Crippen LogP contribution is -2.02. The zero-order valence-corrected chi connectivity index (χ0v) is 13.2. The molecule has 0 aliphatic carbocycles. The molecule has 0 fully saturated rings. The third-order valence-electron chi connectivity index (χ3n) is 3.32. The van der Waals surface area contributed by atoms with Crippen molar-refractivity contribution in [3.63, 3.8) is 0 Å². The fraction of sp³-hybridized carbons (Fsp3) is 0.375. The van der Waals surface area contributed by atoms with E-state index < -0.39 is 0 Å². The molecule has 106 valence electrons. The molecule has 2 rings (SSSR count). The molecule has 0 bridgehead atoms. The van der Waals surface area contributed by atoms with Crippen molar-refractivity contribution < 1.29 is 4.74 Å². The van der Waals surface area contributed by atoms with Crippen LogP contribution in [0.15, 0.2) is 18.2 Å². The maximum atomic E-state index is 6.30. The fourth-order valence-corrected chi connectivity index (χ4v) is 2.78. The quantitative estimate of drug-likeness (QED) is 0.778. The number of aryl methyl sites for hydroxylation is 2. The lowest BCUT2D eigenvalue weighted by molar-refractivity contribution is 0.412. The predicted octanol–water partition coefficient (Wildman–Crippen LogP) is 4.55. The standard InChI is InChI=1S/C16H19ClN2O/c1-9(2)14-11(4)18-16(19-15(14)17)12-6-7-13(20-5)10(3)8-12/h6-9H,1-5H3. The summed E-state index contributed by atoms with van der Waals surface area (Å²) >= 11 is 6.30. The van der Waals surface area contributed by atoms with Gasteiger partial charge in [-0.1, -0.05) is 25.4 Å². The van der Waals surface area contributed by atoms with E-state index in [1.165, 1.54) is 0 Å². The van der Waals surface area contributed by atoms with Gasteiger partial charge in [0.1, 0.15) is 10.9 Å². The van der Waals surface area contributed by atoms with Crippen molar-refractivity contribution in [2.24, 2.45) is 0 Å². The van der Waals surface area contributed by atoms with E-state index in [2.05, 4.69) is 23.8 Å². The van der Waals surface area contributed by atoms with E-state index in [4.69, 9.17) is 16.3 Å². The summed E-state index contributed by atoms with van der Waals surface area (Å²) < 4.78 is 5.27. The number of ether oxygens (including phenoxy) is 1. The van der Waals surface area contributed by atoms with Crippen LogP contribution < -0.4 is 4.74 Å². The molecule has 0 N–H and O–H groups in total. The molecule has 0 aliphatic rings. The Kier molecular flexibility index (Phi) is 4.29. The Labute approximate surface area is 125 Å². The van der Waals surface area contributed by atoms with E-state index in [1.54, 1.807) is 7.11 Å². The minimum Gasteiger partial charge on any atom is -0.496 e. The van der Waals surface area contributed by atoms with Crippen molar-refractivity contribution in [1.29, 1.82) is 0 Å². The van der Waals surface area contributed by atoms with Crippen LogP contribution in [-0.2, 0) is 0 Å². The molecule has 2 aromatic rings. The summed E-state index contributed by atoms with van der Waals surface area (Å²) in [5.41, 5.74) is 3.95. The van der Waals surface area contributed by atoms with Gasteiger partial charge in [-0.15, -0.1) is 0 Å². The molecule has 0 saturated heterocycles. The first-order chi connectivity index (χ1) is 9.43. The molecule has 0 unspecified atom stereocenters. The first kappa shape index (κ1) is 14.8. The average molecular weight is 291 g/mol. The monoisotopic (exact) mass is 290 g/mol. The molecular formula is C16H19ClN2O. The molecule has 0 spiro atoms. The van der Waals surface area contributed by atoms with Gasteiger partial charge in [-0.05, 0) is 43.5 Å². The number of methoxy groups -OCH3 is 1. The first-order valence-corrected chi connectivity index (χ1v) is 7.01. The summed E-state index contributed by atoms with van der Waals surface area (Å²) in [4.78, 5) is 9.02. The van der Waals surface area contributed by atoms with Crippen molar-refractivity contribution in [2.45, 2.75) is 33.6 Å². The summed E-state index contributed by atoms with van der Waals surface area (Å²) in [6.07, 6.45) is 0. The lowest BCUT2D eigenvalue weighted by atomic mass is 10.0. The number of hydrogen-bond acceptors (Lipinski definition) is 3. The molecule has 0 atom stereocenters. The highest BCUT2D eigenvalue weighted by molar-refractivity contribution is 6.30. The zero-order valence-electron chi connectivity index (χ0n) is 12.5. The average Bonchev–Trinajstić information content (AvgIpc) is 2.37. The van der Waals surface area contributed by atoms with Crippen molar-refractivity contribution in [2.75, 3.05) is 7.11 Å². The van der Waals surface area contributed by atoms with E-state index in [0.717, 1.165) is 28.1 Å². The molecule has 0 amide bonds. The highest BCUT2D eigenvalue weighted by Crippen LogP contribution is 2.29. The summed E-state index contributed by atoms with van der Waals surface area (Å²) in [5, 5.41) is 0.538. The van der Waals surface area contributed by atoms with Gasteiger partial charge in [-0.2, -0.15) is 0 Å². The van der Waals surface area contributed by atoms with E-state index in [1.807, 2.05) is 32.0 Å². The Morgan fingerprint density at radius 2 is 1.85 bits per heavy atom. The van der Waals surface area contributed by atoms with Crippen LogP contribution in [0.1, 0.15) is 36.6 Å². The van der Waals surface area contributed by atoms with Crippen LogP contribution in [0.4, 0.5) is 0 Å².